The van der Waals surface area contributed by atoms with Gasteiger partial charge < -0.3 is 5.11 Å². The minimum absolute atomic E-state index is 0.132. The molecule has 0 radical (unpaired) electrons. The standard InChI is InChI=1S/C9H17NO3S/c11-5-4-10(8-1-2-8)9-3-6-14(12,13)7-9/h8-9,11H,1-7H2. The van der Waals surface area contributed by atoms with E-state index in [-0.39, 0.29) is 12.6 Å². The first kappa shape index (κ1) is 10.4. The van der Waals surface area contributed by atoms with E-state index in [1.54, 1.807) is 0 Å². The Labute approximate surface area is 84.8 Å². The first-order valence-corrected chi connectivity index (χ1v) is 7.01. The van der Waals surface area contributed by atoms with Crippen LogP contribution < -0.4 is 0 Å². The fourth-order valence-electron chi connectivity index (χ4n) is 2.22. The second-order valence-corrected chi connectivity index (χ2v) is 6.48. The highest BCUT2D eigenvalue weighted by Gasteiger charge is 2.38. The van der Waals surface area contributed by atoms with Gasteiger partial charge in [-0.3, -0.25) is 4.90 Å². The van der Waals surface area contributed by atoms with Crippen molar-refractivity contribution in [3.8, 4) is 0 Å². The second kappa shape index (κ2) is 3.79. The molecule has 1 aliphatic heterocycles. The van der Waals surface area contributed by atoms with Gasteiger partial charge in [0.15, 0.2) is 9.84 Å². The van der Waals surface area contributed by atoms with Crippen molar-refractivity contribution in [3.05, 3.63) is 0 Å². The number of aliphatic hydroxyl groups excluding tert-OH is 1. The van der Waals surface area contributed by atoms with Gasteiger partial charge in [0.25, 0.3) is 0 Å². The molecule has 0 spiro atoms. The molecular weight excluding hydrogens is 202 g/mol. The third kappa shape index (κ3) is 2.27. The molecule has 5 heteroatoms. The summed E-state index contributed by atoms with van der Waals surface area (Å²) in [5, 5.41) is 8.91. The first-order valence-electron chi connectivity index (χ1n) is 5.19. The Balaban J connectivity index is 1.98. The molecule has 1 saturated heterocycles. The molecule has 0 amide bonds. The van der Waals surface area contributed by atoms with Gasteiger partial charge >= 0.3 is 0 Å². The van der Waals surface area contributed by atoms with Crippen LogP contribution in [0.5, 0.6) is 0 Å². The van der Waals surface area contributed by atoms with E-state index in [0.717, 1.165) is 19.3 Å². The molecule has 1 unspecified atom stereocenters. The minimum Gasteiger partial charge on any atom is -0.395 e. The molecular formula is C9H17NO3S. The number of hydrogen-bond acceptors (Lipinski definition) is 4. The van der Waals surface area contributed by atoms with E-state index < -0.39 is 9.84 Å². The van der Waals surface area contributed by atoms with Gasteiger partial charge in [0.1, 0.15) is 0 Å². The van der Waals surface area contributed by atoms with Crippen LogP contribution in [0.25, 0.3) is 0 Å². The summed E-state index contributed by atoms with van der Waals surface area (Å²) >= 11 is 0. The summed E-state index contributed by atoms with van der Waals surface area (Å²) in [6.07, 6.45) is 3.08. The average molecular weight is 219 g/mol. The molecule has 4 nitrogen and oxygen atoms in total. The number of hydrogen-bond donors (Lipinski definition) is 1. The Morgan fingerprint density at radius 3 is 2.36 bits per heavy atom. The van der Waals surface area contributed by atoms with E-state index in [4.69, 9.17) is 5.11 Å². The minimum atomic E-state index is -2.79. The lowest BCUT2D eigenvalue weighted by atomic mass is 10.2. The predicted molar refractivity (Wildman–Crippen MR) is 53.9 cm³/mol. The summed E-state index contributed by atoms with van der Waals surface area (Å²) < 4.78 is 22.6. The summed E-state index contributed by atoms with van der Waals surface area (Å²) in [7, 11) is -2.79. The van der Waals surface area contributed by atoms with E-state index in [0.29, 0.717) is 24.1 Å². The number of nitrogens with zero attached hydrogens (tertiary/aromatic N) is 1. The van der Waals surface area contributed by atoms with Gasteiger partial charge in [0.05, 0.1) is 18.1 Å². The Bertz CT molecular complexity index is 297. The fraction of sp³-hybridized carbons (Fsp3) is 1.00. The van der Waals surface area contributed by atoms with Crippen LogP contribution >= 0.6 is 0 Å². The largest absolute Gasteiger partial charge is 0.395 e. The van der Waals surface area contributed by atoms with Gasteiger partial charge in [-0.05, 0) is 19.3 Å². The number of sulfone groups is 1. The molecule has 82 valence electrons. The molecule has 0 bridgehead atoms. The van der Waals surface area contributed by atoms with Crippen LogP contribution in [0, 0.1) is 0 Å². The maximum absolute atomic E-state index is 11.3. The number of rotatable bonds is 4. The van der Waals surface area contributed by atoms with Crippen molar-refractivity contribution in [2.24, 2.45) is 0 Å². The van der Waals surface area contributed by atoms with E-state index in [2.05, 4.69) is 4.90 Å². The van der Waals surface area contributed by atoms with Gasteiger partial charge in [-0.1, -0.05) is 0 Å². The van der Waals surface area contributed by atoms with Crippen molar-refractivity contribution >= 4 is 9.84 Å². The Hall–Kier alpha value is -0.130. The summed E-state index contributed by atoms with van der Waals surface area (Å²) in [5.41, 5.74) is 0. The van der Waals surface area contributed by atoms with Crippen molar-refractivity contribution in [2.75, 3.05) is 24.7 Å². The second-order valence-electron chi connectivity index (χ2n) is 4.25. The average Bonchev–Trinajstić information content (AvgIpc) is 2.87. The Morgan fingerprint density at radius 1 is 1.21 bits per heavy atom. The van der Waals surface area contributed by atoms with Crippen LogP contribution in [0.4, 0.5) is 0 Å². The zero-order valence-electron chi connectivity index (χ0n) is 8.22. The first-order chi connectivity index (χ1) is 6.62. The zero-order valence-corrected chi connectivity index (χ0v) is 9.04. The third-order valence-corrected chi connectivity index (χ3v) is 4.80. The van der Waals surface area contributed by atoms with Gasteiger partial charge in [-0.2, -0.15) is 0 Å². The molecule has 1 atom stereocenters. The topological polar surface area (TPSA) is 57.6 Å². The molecule has 0 aromatic rings. The molecule has 2 aliphatic rings. The van der Waals surface area contributed by atoms with Crippen LogP contribution in [-0.4, -0.2) is 55.2 Å². The Kier molecular flexibility index (Phi) is 2.81. The normalized spacial score (nSPS) is 31.1. The monoisotopic (exact) mass is 219 g/mol. The van der Waals surface area contributed by atoms with Crippen LogP contribution in [0.2, 0.25) is 0 Å². The van der Waals surface area contributed by atoms with Crippen molar-refractivity contribution in [2.45, 2.75) is 31.3 Å². The van der Waals surface area contributed by atoms with E-state index in [1.807, 2.05) is 0 Å². The lowest BCUT2D eigenvalue weighted by molar-refractivity contribution is 0.153. The highest BCUT2D eigenvalue weighted by Crippen LogP contribution is 2.31. The lowest BCUT2D eigenvalue weighted by Gasteiger charge is -2.26. The molecule has 2 fully saturated rings. The molecule has 14 heavy (non-hydrogen) atoms. The smallest absolute Gasteiger partial charge is 0.151 e. The van der Waals surface area contributed by atoms with Crippen LogP contribution in [0.15, 0.2) is 0 Å². The third-order valence-electron chi connectivity index (χ3n) is 3.05. The predicted octanol–water partition coefficient (Wildman–Crippen LogP) is -0.370. The summed E-state index contributed by atoms with van der Waals surface area (Å²) in [5.74, 6) is 0.621. The summed E-state index contributed by atoms with van der Waals surface area (Å²) in [6, 6.07) is 0.708. The molecule has 1 heterocycles. The number of aliphatic hydroxyl groups is 1. The van der Waals surface area contributed by atoms with Crippen LogP contribution in [0.1, 0.15) is 19.3 Å². The van der Waals surface area contributed by atoms with Gasteiger partial charge in [-0.15, -0.1) is 0 Å². The molecule has 1 N–H and O–H groups in total. The van der Waals surface area contributed by atoms with E-state index in [1.165, 1.54) is 0 Å². The Morgan fingerprint density at radius 2 is 1.93 bits per heavy atom. The molecule has 2 rings (SSSR count). The molecule has 1 saturated carbocycles. The van der Waals surface area contributed by atoms with Gasteiger partial charge in [0.2, 0.25) is 0 Å². The van der Waals surface area contributed by atoms with E-state index in [9.17, 15) is 8.42 Å². The zero-order chi connectivity index (χ0) is 10.2. The van der Waals surface area contributed by atoms with Crippen molar-refractivity contribution < 1.29 is 13.5 Å². The maximum atomic E-state index is 11.3. The summed E-state index contributed by atoms with van der Waals surface area (Å²) in [4.78, 5) is 2.19. The lowest BCUT2D eigenvalue weighted by Crippen LogP contribution is -2.39. The molecule has 0 aromatic heterocycles. The fourth-order valence-corrected chi connectivity index (χ4v) is 3.96. The van der Waals surface area contributed by atoms with Crippen molar-refractivity contribution in [1.29, 1.82) is 0 Å². The quantitative estimate of drug-likeness (QED) is 0.701. The van der Waals surface area contributed by atoms with Gasteiger partial charge in [0, 0.05) is 18.6 Å². The summed E-state index contributed by atoms with van der Waals surface area (Å²) in [6.45, 7) is 0.762. The van der Waals surface area contributed by atoms with Crippen molar-refractivity contribution in [1.82, 2.24) is 4.90 Å². The van der Waals surface area contributed by atoms with E-state index >= 15 is 0 Å². The van der Waals surface area contributed by atoms with Crippen molar-refractivity contribution in [3.63, 3.8) is 0 Å². The maximum Gasteiger partial charge on any atom is 0.151 e. The molecule has 1 aliphatic carbocycles. The highest BCUT2D eigenvalue weighted by atomic mass is 32.2. The van der Waals surface area contributed by atoms with Crippen LogP contribution in [-0.2, 0) is 9.84 Å². The molecule has 0 aromatic carbocycles. The SMILES string of the molecule is O=S1(=O)CCC(N(CCO)C2CC2)C1. The van der Waals surface area contributed by atoms with Gasteiger partial charge in [-0.25, -0.2) is 8.42 Å². The highest BCUT2D eigenvalue weighted by molar-refractivity contribution is 7.91. The van der Waals surface area contributed by atoms with Crippen LogP contribution in [0.3, 0.4) is 0 Å².